The van der Waals surface area contributed by atoms with Gasteiger partial charge in [0, 0.05) is 32.8 Å². The highest BCUT2D eigenvalue weighted by Crippen LogP contribution is 2.21. The lowest BCUT2D eigenvalue weighted by atomic mass is 10.2. The van der Waals surface area contributed by atoms with Gasteiger partial charge in [-0.3, -0.25) is 9.80 Å². The predicted octanol–water partition coefficient (Wildman–Crippen LogP) is -0.892. The number of carbonyl (C=O) groups excluding carboxylic acids is 3. The second kappa shape index (κ2) is 7.92. The summed E-state index contributed by atoms with van der Waals surface area (Å²) in [4.78, 5) is 42.2. The maximum Gasteiger partial charge on any atom is 0.344 e. The largest absolute Gasteiger partial charge is 0.379 e. The number of hydrogen-bond donors (Lipinski definition) is 2. The molecule has 0 saturated carbocycles. The van der Waals surface area contributed by atoms with E-state index in [1.165, 1.54) is 0 Å². The molecule has 1 aromatic heterocycles. The zero-order valence-electron chi connectivity index (χ0n) is 15.6. The first-order chi connectivity index (χ1) is 12.9. The van der Waals surface area contributed by atoms with Gasteiger partial charge in [0.25, 0.3) is 0 Å². The lowest BCUT2D eigenvalue weighted by Crippen LogP contribution is -2.59. The standard InChI is InChI=1S/C16H25N7O4/c1-3-27-10-13(19-15(17)25)14(24)20-4-6-21(7-5-20)22-9-12-8-18-11(2)23(12)16(22)26/h8,13H,3-7,9-10H2,1-2H3,(H3,17,19,25). The number of aryl methyl sites for hydroxylation is 1. The molecule has 11 nitrogen and oxygen atoms in total. The summed E-state index contributed by atoms with van der Waals surface area (Å²) in [7, 11) is 0. The molecule has 27 heavy (non-hydrogen) atoms. The number of nitrogens with one attached hydrogen (secondary N) is 1. The van der Waals surface area contributed by atoms with Crippen LogP contribution in [0.3, 0.4) is 0 Å². The summed E-state index contributed by atoms with van der Waals surface area (Å²) in [6.07, 6.45) is 1.71. The smallest absolute Gasteiger partial charge is 0.344 e. The number of hydrogen-bond acceptors (Lipinski definition) is 6. The van der Waals surface area contributed by atoms with Crippen LogP contribution in [0.15, 0.2) is 6.20 Å². The van der Waals surface area contributed by atoms with Crippen molar-refractivity contribution in [3.05, 3.63) is 17.7 Å². The fraction of sp³-hybridized carbons (Fsp3) is 0.625. The molecule has 1 fully saturated rings. The van der Waals surface area contributed by atoms with Crippen molar-refractivity contribution in [3.8, 4) is 0 Å². The maximum atomic E-state index is 12.7. The number of rotatable bonds is 6. The molecule has 3 heterocycles. The molecule has 3 rings (SSSR count). The molecule has 0 bridgehead atoms. The van der Waals surface area contributed by atoms with Gasteiger partial charge in [-0.05, 0) is 13.8 Å². The zero-order chi connectivity index (χ0) is 19.6. The van der Waals surface area contributed by atoms with Crippen LogP contribution in [0.5, 0.6) is 0 Å². The molecule has 1 aromatic rings. The van der Waals surface area contributed by atoms with Crippen molar-refractivity contribution in [1.29, 1.82) is 0 Å². The number of imidazole rings is 1. The summed E-state index contributed by atoms with van der Waals surface area (Å²) in [5.74, 6) is 0.434. The van der Waals surface area contributed by atoms with Gasteiger partial charge in [-0.25, -0.2) is 24.1 Å². The minimum Gasteiger partial charge on any atom is -0.379 e. The lowest BCUT2D eigenvalue weighted by molar-refractivity contribution is -0.138. The topological polar surface area (TPSA) is 126 Å². The molecular weight excluding hydrogens is 354 g/mol. The second-order valence-corrected chi connectivity index (χ2v) is 6.47. The van der Waals surface area contributed by atoms with Crippen LogP contribution in [0.25, 0.3) is 0 Å². The van der Waals surface area contributed by atoms with E-state index in [9.17, 15) is 14.4 Å². The molecule has 2 aliphatic rings. The highest BCUT2D eigenvalue weighted by atomic mass is 16.5. The van der Waals surface area contributed by atoms with Crippen LogP contribution < -0.4 is 11.1 Å². The van der Waals surface area contributed by atoms with Crippen molar-refractivity contribution in [2.45, 2.75) is 26.4 Å². The lowest BCUT2D eigenvalue weighted by Gasteiger charge is -2.39. The molecule has 4 amide bonds. The maximum absolute atomic E-state index is 12.7. The molecule has 0 aliphatic carbocycles. The fourth-order valence-electron chi connectivity index (χ4n) is 3.38. The number of fused-ring (bicyclic) bond motifs is 1. The summed E-state index contributed by atoms with van der Waals surface area (Å²) in [6, 6.07) is -1.69. The van der Waals surface area contributed by atoms with Gasteiger partial charge in [0.2, 0.25) is 5.91 Å². The van der Waals surface area contributed by atoms with Crippen molar-refractivity contribution in [1.82, 2.24) is 29.8 Å². The average molecular weight is 379 g/mol. The van der Waals surface area contributed by atoms with E-state index >= 15 is 0 Å². The number of piperazine rings is 1. The molecule has 0 spiro atoms. The summed E-state index contributed by atoms with van der Waals surface area (Å²) < 4.78 is 6.88. The van der Waals surface area contributed by atoms with Gasteiger partial charge in [0.05, 0.1) is 25.0 Å². The van der Waals surface area contributed by atoms with E-state index in [2.05, 4.69) is 10.3 Å². The third-order valence-corrected chi connectivity index (χ3v) is 4.75. The monoisotopic (exact) mass is 379 g/mol. The molecule has 148 valence electrons. The summed E-state index contributed by atoms with van der Waals surface area (Å²) >= 11 is 0. The number of primary amides is 1. The normalized spacial score (nSPS) is 18.5. The predicted molar refractivity (Wildman–Crippen MR) is 94.5 cm³/mol. The second-order valence-electron chi connectivity index (χ2n) is 6.47. The molecule has 2 aliphatic heterocycles. The Hall–Kier alpha value is -2.66. The summed E-state index contributed by atoms with van der Waals surface area (Å²) in [6.45, 7) is 6.52. The number of ether oxygens (including phenoxy) is 1. The minimum atomic E-state index is -0.808. The molecular formula is C16H25N7O4. The Morgan fingerprint density at radius 3 is 2.63 bits per heavy atom. The van der Waals surface area contributed by atoms with Crippen molar-refractivity contribution < 1.29 is 19.1 Å². The van der Waals surface area contributed by atoms with Crippen LogP contribution >= 0.6 is 0 Å². The van der Waals surface area contributed by atoms with Crippen molar-refractivity contribution >= 4 is 18.0 Å². The number of nitrogens with zero attached hydrogens (tertiary/aromatic N) is 5. The van der Waals surface area contributed by atoms with Crippen molar-refractivity contribution in [2.75, 3.05) is 39.4 Å². The van der Waals surface area contributed by atoms with Crippen LogP contribution in [-0.2, 0) is 16.1 Å². The van der Waals surface area contributed by atoms with Gasteiger partial charge in [0.1, 0.15) is 11.9 Å². The SMILES string of the molecule is CCOCC(NC(N)=O)C(=O)N1CCN(N2Cc3cnc(C)n3C2=O)CC1. The number of nitrogens with two attached hydrogens (primary N) is 1. The van der Waals surface area contributed by atoms with Crippen molar-refractivity contribution in [2.24, 2.45) is 5.73 Å². The highest BCUT2D eigenvalue weighted by Gasteiger charge is 2.36. The molecule has 3 N–H and O–H groups in total. The van der Waals surface area contributed by atoms with Crippen LogP contribution in [0.1, 0.15) is 18.4 Å². The fourth-order valence-corrected chi connectivity index (χ4v) is 3.38. The van der Waals surface area contributed by atoms with Crippen LogP contribution in [0, 0.1) is 6.92 Å². The van der Waals surface area contributed by atoms with Gasteiger partial charge in [-0.15, -0.1) is 0 Å². The Morgan fingerprint density at radius 2 is 2.04 bits per heavy atom. The third-order valence-electron chi connectivity index (χ3n) is 4.75. The first kappa shape index (κ1) is 19.1. The van der Waals surface area contributed by atoms with E-state index in [1.807, 2.05) is 11.9 Å². The Morgan fingerprint density at radius 1 is 1.33 bits per heavy atom. The number of carbonyl (C=O) groups is 3. The average Bonchev–Trinajstić information content (AvgIpc) is 3.18. The van der Waals surface area contributed by atoms with Gasteiger partial charge < -0.3 is 20.7 Å². The van der Waals surface area contributed by atoms with Crippen LogP contribution in [-0.4, -0.2) is 87.9 Å². The van der Waals surface area contributed by atoms with Crippen LogP contribution in [0.4, 0.5) is 9.59 Å². The Balaban J connectivity index is 1.57. The van der Waals surface area contributed by atoms with E-state index in [0.29, 0.717) is 45.2 Å². The Kier molecular flexibility index (Phi) is 5.61. The zero-order valence-corrected chi connectivity index (χ0v) is 15.6. The molecule has 1 saturated heterocycles. The van der Waals surface area contributed by atoms with Gasteiger partial charge in [-0.1, -0.05) is 0 Å². The summed E-state index contributed by atoms with van der Waals surface area (Å²) in [5.41, 5.74) is 6.02. The quantitative estimate of drug-likeness (QED) is 0.660. The Bertz CT molecular complexity index is 726. The molecule has 0 radical (unpaired) electrons. The van der Waals surface area contributed by atoms with E-state index in [-0.39, 0.29) is 18.5 Å². The molecule has 11 heteroatoms. The van der Waals surface area contributed by atoms with E-state index in [0.717, 1.165) is 5.69 Å². The van der Waals surface area contributed by atoms with Crippen molar-refractivity contribution in [3.63, 3.8) is 0 Å². The van der Waals surface area contributed by atoms with Gasteiger partial charge in [-0.2, -0.15) is 0 Å². The number of aromatic nitrogens is 2. The number of hydrazine groups is 1. The first-order valence-corrected chi connectivity index (χ1v) is 8.94. The number of urea groups is 1. The number of amides is 4. The summed E-state index contributed by atoms with van der Waals surface area (Å²) in [5, 5.41) is 6.06. The molecule has 1 atom stereocenters. The van der Waals surface area contributed by atoms with E-state index in [4.69, 9.17) is 10.5 Å². The van der Waals surface area contributed by atoms with E-state index < -0.39 is 12.1 Å². The minimum absolute atomic E-state index is 0.0742. The van der Waals surface area contributed by atoms with E-state index in [1.54, 1.807) is 27.6 Å². The van der Waals surface area contributed by atoms with Gasteiger partial charge in [0.15, 0.2) is 0 Å². The molecule has 0 aromatic carbocycles. The highest BCUT2D eigenvalue weighted by molar-refractivity contribution is 5.87. The third kappa shape index (κ3) is 3.88. The molecule has 1 unspecified atom stereocenters. The van der Waals surface area contributed by atoms with Gasteiger partial charge >= 0.3 is 12.1 Å². The van der Waals surface area contributed by atoms with Crippen LogP contribution in [0.2, 0.25) is 0 Å². The first-order valence-electron chi connectivity index (χ1n) is 8.94. The Labute approximate surface area is 157 Å².